The highest BCUT2D eigenvalue weighted by Crippen LogP contribution is 1.93. The smallest absolute Gasteiger partial charge is 0.302 e. The zero-order valence-electron chi connectivity index (χ0n) is 4.18. The van der Waals surface area contributed by atoms with E-state index in [0.717, 1.165) is 6.39 Å². The van der Waals surface area contributed by atoms with E-state index in [9.17, 15) is 8.42 Å². The van der Waals surface area contributed by atoms with Gasteiger partial charge in [0.05, 0.1) is 0 Å². The van der Waals surface area contributed by atoms with Crippen LogP contribution in [0.1, 0.15) is 0 Å². The summed E-state index contributed by atoms with van der Waals surface area (Å²) in [5.74, 6) is 0. The highest BCUT2D eigenvalue weighted by Gasteiger charge is 2.11. The normalized spacial score (nSPS) is 11.7. The van der Waals surface area contributed by atoms with Gasteiger partial charge in [0.25, 0.3) is 10.0 Å². The second-order valence-corrected chi connectivity index (χ2v) is 2.71. The fourth-order valence-corrected chi connectivity index (χ4v) is 0.623. The monoisotopic (exact) mass is 149 g/mol. The van der Waals surface area contributed by atoms with Crippen molar-refractivity contribution in [1.29, 1.82) is 0 Å². The van der Waals surface area contributed by atoms with Gasteiger partial charge in [-0.1, -0.05) is 0 Å². The second-order valence-electron chi connectivity index (χ2n) is 1.26. The van der Waals surface area contributed by atoms with Gasteiger partial charge in [-0.05, 0) is 5.16 Å². The molecule has 0 spiro atoms. The molecule has 0 unspecified atom stereocenters. The van der Waals surface area contributed by atoms with E-state index < -0.39 is 15.2 Å². The lowest BCUT2D eigenvalue weighted by Crippen LogP contribution is -2.13. The van der Waals surface area contributed by atoms with E-state index in [1.807, 2.05) is 0 Å². The van der Waals surface area contributed by atoms with Crippen molar-refractivity contribution in [2.45, 2.75) is 5.16 Å². The van der Waals surface area contributed by atoms with Gasteiger partial charge in [0, 0.05) is 0 Å². The molecular formula is C2H3N3O3S. The lowest BCUT2D eigenvalue weighted by Gasteiger charge is -1.81. The van der Waals surface area contributed by atoms with Gasteiger partial charge in [-0.2, -0.15) is 4.98 Å². The van der Waals surface area contributed by atoms with E-state index in [0.29, 0.717) is 0 Å². The maximum absolute atomic E-state index is 10.3. The molecule has 7 heteroatoms. The molecule has 1 heterocycles. The van der Waals surface area contributed by atoms with Crippen LogP contribution < -0.4 is 5.14 Å². The summed E-state index contributed by atoms with van der Waals surface area (Å²) in [6, 6.07) is 0. The van der Waals surface area contributed by atoms with Crippen LogP contribution in [0.5, 0.6) is 0 Å². The highest BCUT2D eigenvalue weighted by atomic mass is 32.2. The average molecular weight is 149 g/mol. The highest BCUT2D eigenvalue weighted by molar-refractivity contribution is 7.89. The van der Waals surface area contributed by atoms with E-state index >= 15 is 0 Å². The molecule has 0 bridgehead atoms. The summed E-state index contributed by atoms with van der Waals surface area (Å²) in [5.41, 5.74) is 0. The molecule has 0 saturated carbocycles. The van der Waals surface area contributed by atoms with Gasteiger partial charge in [-0.3, -0.25) is 0 Å². The molecule has 6 nitrogen and oxygen atoms in total. The Kier molecular flexibility index (Phi) is 1.22. The molecule has 0 amide bonds. The van der Waals surface area contributed by atoms with Crippen LogP contribution in [0.2, 0.25) is 0 Å². The number of sulfonamides is 1. The summed E-state index contributed by atoms with van der Waals surface area (Å²) in [6.45, 7) is 0. The van der Waals surface area contributed by atoms with E-state index in [1.54, 1.807) is 0 Å². The van der Waals surface area contributed by atoms with Gasteiger partial charge in [-0.15, -0.1) is 0 Å². The molecular weight excluding hydrogens is 146 g/mol. The van der Waals surface area contributed by atoms with Crippen LogP contribution in [0, 0.1) is 0 Å². The van der Waals surface area contributed by atoms with Gasteiger partial charge in [-0.25, -0.2) is 13.6 Å². The van der Waals surface area contributed by atoms with Gasteiger partial charge in [0.2, 0.25) is 6.39 Å². The van der Waals surface area contributed by atoms with Crippen LogP contribution in [0.25, 0.3) is 0 Å². The third-order valence-electron chi connectivity index (χ3n) is 0.596. The topological polar surface area (TPSA) is 99.1 Å². The van der Waals surface area contributed by atoms with Crippen molar-refractivity contribution in [1.82, 2.24) is 10.1 Å². The summed E-state index contributed by atoms with van der Waals surface area (Å²) in [4.78, 5) is 3.20. The van der Waals surface area contributed by atoms with Crippen LogP contribution >= 0.6 is 0 Å². The first-order valence-corrected chi connectivity index (χ1v) is 3.44. The zero-order valence-corrected chi connectivity index (χ0v) is 5.00. The minimum absolute atomic E-state index is 0.498. The number of nitrogens with zero attached hydrogens (tertiary/aromatic N) is 2. The summed E-state index contributed by atoms with van der Waals surface area (Å²) in [7, 11) is -3.78. The Morgan fingerprint density at radius 1 is 1.67 bits per heavy atom. The van der Waals surface area contributed by atoms with Crippen molar-refractivity contribution in [2.75, 3.05) is 0 Å². The molecule has 0 fully saturated rings. The van der Waals surface area contributed by atoms with Crippen molar-refractivity contribution in [2.24, 2.45) is 5.14 Å². The van der Waals surface area contributed by atoms with E-state index in [1.165, 1.54) is 0 Å². The van der Waals surface area contributed by atoms with Crippen molar-refractivity contribution in [3.63, 3.8) is 0 Å². The molecule has 50 valence electrons. The van der Waals surface area contributed by atoms with Gasteiger partial charge in [0.15, 0.2) is 0 Å². The van der Waals surface area contributed by atoms with Gasteiger partial charge < -0.3 is 4.52 Å². The Balaban J connectivity index is 3.20. The first-order chi connectivity index (χ1) is 4.11. The molecule has 0 aliphatic rings. The SMILES string of the molecule is NS(=O)(=O)c1ncon1. The Morgan fingerprint density at radius 2 is 2.33 bits per heavy atom. The van der Waals surface area contributed by atoms with Gasteiger partial charge in [0.1, 0.15) is 0 Å². The molecule has 0 radical (unpaired) electrons. The van der Waals surface area contributed by atoms with Crippen molar-refractivity contribution >= 4 is 10.0 Å². The Morgan fingerprint density at radius 3 is 2.56 bits per heavy atom. The molecule has 1 rings (SSSR count). The Hall–Kier alpha value is -0.950. The fourth-order valence-electron chi connectivity index (χ4n) is 0.286. The molecule has 2 N–H and O–H groups in total. The van der Waals surface area contributed by atoms with Crippen LogP contribution in [0.4, 0.5) is 0 Å². The molecule has 0 saturated heterocycles. The first kappa shape index (κ1) is 6.17. The van der Waals surface area contributed by atoms with Crippen LogP contribution in [0.3, 0.4) is 0 Å². The predicted octanol–water partition coefficient (Wildman–Crippen LogP) is -1.28. The maximum atomic E-state index is 10.3. The third-order valence-corrected chi connectivity index (χ3v) is 1.28. The number of hydrogen-bond acceptors (Lipinski definition) is 5. The minimum Gasteiger partial charge on any atom is -0.342 e. The molecule has 0 aromatic carbocycles. The van der Waals surface area contributed by atoms with Crippen molar-refractivity contribution < 1.29 is 12.9 Å². The van der Waals surface area contributed by atoms with Gasteiger partial charge >= 0.3 is 5.16 Å². The fraction of sp³-hybridized carbons (Fsp3) is 0. The number of nitrogens with two attached hydrogens (primary N) is 1. The molecule has 1 aromatic heterocycles. The maximum Gasteiger partial charge on any atom is 0.302 e. The summed E-state index contributed by atoms with van der Waals surface area (Å²) >= 11 is 0. The number of aromatic nitrogens is 2. The average Bonchev–Trinajstić information content (AvgIpc) is 2.08. The molecule has 9 heavy (non-hydrogen) atoms. The second kappa shape index (κ2) is 1.78. The molecule has 0 atom stereocenters. The van der Waals surface area contributed by atoms with E-state index in [-0.39, 0.29) is 0 Å². The number of rotatable bonds is 1. The summed E-state index contributed by atoms with van der Waals surface area (Å²) in [5, 5.41) is 7.08. The van der Waals surface area contributed by atoms with Crippen LogP contribution in [-0.2, 0) is 10.0 Å². The zero-order chi connectivity index (χ0) is 6.91. The van der Waals surface area contributed by atoms with E-state index in [2.05, 4.69) is 19.8 Å². The Bertz CT molecular complexity index is 274. The Labute approximate surface area is 50.7 Å². The summed E-state index contributed by atoms with van der Waals surface area (Å²) in [6.07, 6.45) is 0.889. The largest absolute Gasteiger partial charge is 0.342 e. The molecule has 1 aromatic rings. The number of hydrogen-bond donors (Lipinski definition) is 1. The van der Waals surface area contributed by atoms with Crippen LogP contribution in [-0.4, -0.2) is 18.6 Å². The third kappa shape index (κ3) is 1.24. The van der Waals surface area contributed by atoms with Crippen molar-refractivity contribution in [3.05, 3.63) is 6.39 Å². The lowest BCUT2D eigenvalue weighted by molar-refractivity contribution is 0.400. The molecule has 0 aliphatic carbocycles. The first-order valence-electron chi connectivity index (χ1n) is 1.90. The predicted molar refractivity (Wildman–Crippen MR) is 25.7 cm³/mol. The summed E-state index contributed by atoms with van der Waals surface area (Å²) < 4.78 is 24.7. The van der Waals surface area contributed by atoms with Crippen LogP contribution in [0.15, 0.2) is 16.1 Å². The minimum atomic E-state index is -3.78. The quantitative estimate of drug-likeness (QED) is 0.536. The standard InChI is InChI=1S/C2H3N3O3S/c3-9(6,7)2-4-1-8-5-2/h1H,(H2,3,6,7). The molecule has 0 aliphatic heterocycles. The number of primary sulfonamides is 1. The lowest BCUT2D eigenvalue weighted by atomic mass is 11.3. The van der Waals surface area contributed by atoms with Crippen molar-refractivity contribution in [3.8, 4) is 0 Å². The van der Waals surface area contributed by atoms with E-state index in [4.69, 9.17) is 0 Å².